The van der Waals surface area contributed by atoms with E-state index < -0.39 is 6.04 Å². The number of benzene rings is 2. The molecule has 0 aromatic heterocycles. The number of nitrogens with one attached hydrogen (secondary N) is 2. The van der Waals surface area contributed by atoms with Gasteiger partial charge in [-0.3, -0.25) is 4.79 Å². The third kappa shape index (κ3) is 3.26. The van der Waals surface area contributed by atoms with Crippen molar-refractivity contribution < 1.29 is 19.1 Å². The van der Waals surface area contributed by atoms with E-state index in [1.165, 1.54) is 6.92 Å². The maximum Gasteiger partial charge on any atom is 0.320 e. The van der Waals surface area contributed by atoms with E-state index in [2.05, 4.69) is 10.6 Å². The van der Waals surface area contributed by atoms with E-state index in [9.17, 15) is 9.59 Å². The van der Waals surface area contributed by atoms with Crippen molar-refractivity contribution >= 4 is 17.5 Å². The van der Waals surface area contributed by atoms with Gasteiger partial charge in [0.2, 0.25) is 0 Å². The smallest absolute Gasteiger partial charge is 0.320 e. The Labute approximate surface area is 151 Å². The molecule has 0 saturated carbocycles. The Morgan fingerprint density at radius 2 is 1.69 bits per heavy atom. The minimum atomic E-state index is -0.587. The zero-order chi connectivity index (χ0) is 18.7. The third-order valence-electron chi connectivity index (χ3n) is 4.25. The van der Waals surface area contributed by atoms with Gasteiger partial charge in [-0.25, -0.2) is 4.79 Å². The molecule has 3 rings (SSSR count). The maximum atomic E-state index is 12.4. The van der Waals surface area contributed by atoms with Gasteiger partial charge in [-0.05, 0) is 30.2 Å². The van der Waals surface area contributed by atoms with E-state index in [1.807, 2.05) is 36.4 Å². The molecule has 2 N–H and O–H groups in total. The van der Waals surface area contributed by atoms with E-state index in [4.69, 9.17) is 9.47 Å². The van der Waals surface area contributed by atoms with E-state index in [0.717, 1.165) is 11.1 Å². The Hall–Kier alpha value is -3.28. The van der Waals surface area contributed by atoms with Crippen LogP contribution >= 0.6 is 0 Å². The second-order valence-corrected chi connectivity index (χ2v) is 5.86. The van der Waals surface area contributed by atoms with E-state index in [0.29, 0.717) is 22.8 Å². The summed E-state index contributed by atoms with van der Waals surface area (Å²) in [6, 6.07) is 13.7. The van der Waals surface area contributed by atoms with Gasteiger partial charge in [0.15, 0.2) is 17.3 Å². The number of ether oxygens (including phenoxy) is 2. The number of carbonyl (C=O) groups is 2. The highest BCUT2D eigenvalue weighted by Gasteiger charge is 2.32. The average Bonchev–Trinajstić information content (AvgIpc) is 2.67. The Bertz CT molecular complexity index is 875. The van der Waals surface area contributed by atoms with Crippen molar-refractivity contribution in [1.29, 1.82) is 0 Å². The fourth-order valence-electron chi connectivity index (χ4n) is 3.06. The van der Waals surface area contributed by atoms with Crippen LogP contribution in [0.5, 0.6) is 11.5 Å². The summed E-state index contributed by atoms with van der Waals surface area (Å²) >= 11 is 0. The summed E-state index contributed by atoms with van der Waals surface area (Å²) in [5.74, 6) is 0.978. The zero-order valence-electron chi connectivity index (χ0n) is 14.8. The van der Waals surface area contributed by atoms with Gasteiger partial charge in [0.1, 0.15) is 0 Å². The molecule has 2 aromatic carbocycles. The minimum absolute atomic E-state index is 0.129. The fraction of sp³-hybridized carbons (Fsp3) is 0.200. The van der Waals surface area contributed by atoms with Crippen LogP contribution in [0.1, 0.15) is 24.1 Å². The predicted octanol–water partition coefficient (Wildman–Crippen LogP) is 3.06. The average molecular weight is 352 g/mol. The number of Topliss-reactive ketones (excluding diaryl/α,β-unsaturated/α-hetero) is 1. The molecular weight excluding hydrogens is 332 g/mol. The lowest BCUT2D eigenvalue weighted by Crippen LogP contribution is -2.44. The van der Waals surface area contributed by atoms with Crippen molar-refractivity contribution in [2.24, 2.45) is 0 Å². The third-order valence-corrected chi connectivity index (χ3v) is 4.25. The number of amides is 2. The van der Waals surface area contributed by atoms with E-state index in [1.54, 1.807) is 26.4 Å². The largest absolute Gasteiger partial charge is 0.493 e. The van der Waals surface area contributed by atoms with E-state index in [-0.39, 0.29) is 11.8 Å². The van der Waals surface area contributed by atoms with Crippen molar-refractivity contribution in [3.63, 3.8) is 0 Å². The van der Waals surface area contributed by atoms with E-state index >= 15 is 0 Å². The van der Waals surface area contributed by atoms with Crippen LogP contribution in [0.2, 0.25) is 0 Å². The number of hydrogen-bond acceptors (Lipinski definition) is 4. The lowest BCUT2D eigenvalue weighted by Gasteiger charge is -2.30. The maximum absolute atomic E-state index is 12.4. The van der Waals surface area contributed by atoms with Crippen LogP contribution in [-0.4, -0.2) is 26.0 Å². The van der Waals surface area contributed by atoms with Gasteiger partial charge >= 0.3 is 6.03 Å². The van der Waals surface area contributed by atoms with Gasteiger partial charge in [0.05, 0.1) is 26.0 Å². The van der Waals surface area contributed by atoms with Crippen molar-refractivity contribution in [2.45, 2.75) is 13.0 Å². The molecular formula is C20H20N2O4. The van der Waals surface area contributed by atoms with Gasteiger partial charge in [0, 0.05) is 5.57 Å². The van der Waals surface area contributed by atoms with Crippen LogP contribution in [0.4, 0.5) is 4.79 Å². The number of methoxy groups -OCH3 is 2. The molecule has 1 aliphatic rings. The molecule has 1 heterocycles. The first-order valence-electron chi connectivity index (χ1n) is 8.15. The van der Waals surface area contributed by atoms with Crippen molar-refractivity contribution in [3.8, 4) is 11.5 Å². The zero-order valence-corrected chi connectivity index (χ0v) is 14.8. The van der Waals surface area contributed by atoms with Gasteiger partial charge in [-0.2, -0.15) is 0 Å². The second kappa shape index (κ2) is 7.31. The highest BCUT2D eigenvalue weighted by molar-refractivity contribution is 6.06. The van der Waals surface area contributed by atoms with Gasteiger partial charge < -0.3 is 20.1 Å². The molecule has 134 valence electrons. The molecule has 0 radical (unpaired) electrons. The number of carbonyl (C=O) groups excluding carboxylic acids is 2. The number of urea groups is 1. The summed E-state index contributed by atoms with van der Waals surface area (Å²) in [5.41, 5.74) is 2.51. The highest BCUT2D eigenvalue weighted by Crippen LogP contribution is 2.36. The summed E-state index contributed by atoms with van der Waals surface area (Å²) in [4.78, 5) is 24.7. The van der Waals surface area contributed by atoms with Crippen LogP contribution in [0.3, 0.4) is 0 Å². The monoisotopic (exact) mass is 352 g/mol. The number of rotatable bonds is 5. The topological polar surface area (TPSA) is 76.7 Å². The summed E-state index contributed by atoms with van der Waals surface area (Å²) in [7, 11) is 3.10. The number of ketones is 1. The molecule has 0 saturated heterocycles. The Morgan fingerprint density at radius 3 is 2.31 bits per heavy atom. The second-order valence-electron chi connectivity index (χ2n) is 5.86. The lowest BCUT2D eigenvalue weighted by atomic mass is 9.90. The summed E-state index contributed by atoms with van der Waals surface area (Å²) < 4.78 is 10.6. The molecule has 0 fully saturated rings. The first-order chi connectivity index (χ1) is 12.5. The highest BCUT2D eigenvalue weighted by atomic mass is 16.5. The molecule has 2 amide bonds. The standard InChI is InChI=1S/C20H20N2O4/c1-12(23)17-18(13-7-5-4-6-8-13)21-20(24)22-19(17)14-9-10-15(25-2)16(11-14)26-3/h4-11,19H,1-3H3,(H2,21,22,24). The summed E-state index contributed by atoms with van der Waals surface area (Å²) in [5, 5.41) is 5.60. The van der Waals surface area contributed by atoms with Crippen molar-refractivity contribution in [3.05, 3.63) is 65.2 Å². The van der Waals surface area contributed by atoms with Crippen LogP contribution in [0, 0.1) is 0 Å². The molecule has 26 heavy (non-hydrogen) atoms. The minimum Gasteiger partial charge on any atom is -0.493 e. The Balaban J connectivity index is 2.16. The Kier molecular flexibility index (Phi) is 4.93. The van der Waals surface area contributed by atoms with Gasteiger partial charge in [-0.1, -0.05) is 36.4 Å². The molecule has 1 unspecified atom stereocenters. The normalized spacial score (nSPS) is 16.6. The van der Waals surface area contributed by atoms with Gasteiger partial charge in [-0.15, -0.1) is 0 Å². The van der Waals surface area contributed by atoms with Crippen LogP contribution in [-0.2, 0) is 4.79 Å². The first-order valence-corrected chi connectivity index (χ1v) is 8.15. The van der Waals surface area contributed by atoms with Crippen LogP contribution < -0.4 is 20.1 Å². The summed E-state index contributed by atoms with van der Waals surface area (Å²) in [6.07, 6.45) is 0. The van der Waals surface area contributed by atoms with Crippen molar-refractivity contribution in [1.82, 2.24) is 10.6 Å². The van der Waals surface area contributed by atoms with Crippen molar-refractivity contribution in [2.75, 3.05) is 14.2 Å². The molecule has 1 aliphatic heterocycles. The molecule has 2 aromatic rings. The predicted molar refractivity (Wildman–Crippen MR) is 98.0 cm³/mol. The van der Waals surface area contributed by atoms with Crippen LogP contribution in [0.15, 0.2) is 54.1 Å². The SMILES string of the molecule is COc1ccc(C2NC(=O)NC(c3ccccc3)=C2C(C)=O)cc1OC. The lowest BCUT2D eigenvalue weighted by molar-refractivity contribution is -0.113. The molecule has 1 atom stereocenters. The molecule has 6 heteroatoms. The van der Waals surface area contributed by atoms with Crippen LogP contribution in [0.25, 0.3) is 5.70 Å². The number of hydrogen-bond donors (Lipinski definition) is 2. The first kappa shape index (κ1) is 17.5. The van der Waals surface area contributed by atoms with Gasteiger partial charge in [0.25, 0.3) is 0 Å². The molecule has 6 nitrogen and oxygen atoms in total. The molecule has 0 aliphatic carbocycles. The fourth-order valence-corrected chi connectivity index (χ4v) is 3.06. The quantitative estimate of drug-likeness (QED) is 0.867. The molecule has 0 spiro atoms. The molecule has 0 bridgehead atoms. The summed E-state index contributed by atoms with van der Waals surface area (Å²) in [6.45, 7) is 1.49. The Morgan fingerprint density at radius 1 is 1.00 bits per heavy atom.